The second-order valence-corrected chi connectivity index (χ2v) is 11.6. The van der Waals surface area contributed by atoms with Gasteiger partial charge in [-0.2, -0.15) is 5.10 Å². The summed E-state index contributed by atoms with van der Waals surface area (Å²) in [5, 5.41) is 4.61. The SMILES string of the molecule is COCC(COC)N(C(=O)C1CCC(C)CC1)c1cc(-c2ccc(-c3cc4ncccn4n3)cc2)sc1C(=O)OC. The molecule has 10 heteroatoms. The molecule has 1 fully saturated rings. The van der Waals surface area contributed by atoms with Crippen LogP contribution < -0.4 is 4.90 Å². The topological polar surface area (TPSA) is 95.3 Å². The molecule has 216 valence electrons. The van der Waals surface area contributed by atoms with E-state index < -0.39 is 12.0 Å². The molecule has 0 spiro atoms. The molecular weight excluding hydrogens is 540 g/mol. The zero-order chi connectivity index (χ0) is 28.9. The average Bonchev–Trinajstić information content (AvgIpc) is 3.63. The van der Waals surface area contributed by atoms with Gasteiger partial charge in [0.15, 0.2) is 5.65 Å². The molecule has 0 saturated heterocycles. The number of aromatic nitrogens is 3. The molecule has 5 rings (SSSR count). The molecule has 0 radical (unpaired) electrons. The highest BCUT2D eigenvalue weighted by Crippen LogP contribution is 2.41. The largest absolute Gasteiger partial charge is 0.465 e. The lowest BCUT2D eigenvalue weighted by Gasteiger charge is -2.35. The Morgan fingerprint density at radius 2 is 1.71 bits per heavy atom. The van der Waals surface area contributed by atoms with Crippen LogP contribution in [0.5, 0.6) is 0 Å². The van der Waals surface area contributed by atoms with Crippen LogP contribution in [-0.4, -0.2) is 67.1 Å². The number of hydrogen-bond donors (Lipinski definition) is 0. The van der Waals surface area contributed by atoms with Gasteiger partial charge in [-0.15, -0.1) is 11.3 Å². The number of benzene rings is 1. The van der Waals surface area contributed by atoms with Crippen molar-refractivity contribution in [3.8, 4) is 21.7 Å². The van der Waals surface area contributed by atoms with Crippen LogP contribution in [-0.2, 0) is 19.0 Å². The predicted molar refractivity (Wildman–Crippen MR) is 159 cm³/mol. The van der Waals surface area contributed by atoms with Gasteiger partial charge in [0.1, 0.15) is 4.88 Å². The minimum Gasteiger partial charge on any atom is -0.465 e. The first-order valence-electron chi connectivity index (χ1n) is 13.9. The van der Waals surface area contributed by atoms with Gasteiger partial charge in [-0.1, -0.05) is 31.2 Å². The fourth-order valence-corrected chi connectivity index (χ4v) is 6.57. The van der Waals surface area contributed by atoms with Crippen molar-refractivity contribution in [2.45, 2.75) is 38.6 Å². The van der Waals surface area contributed by atoms with E-state index in [1.54, 1.807) is 29.8 Å². The molecule has 3 aromatic heterocycles. The van der Waals surface area contributed by atoms with Crippen LogP contribution in [0.2, 0.25) is 0 Å². The molecule has 0 N–H and O–H groups in total. The van der Waals surface area contributed by atoms with Gasteiger partial charge in [0.2, 0.25) is 5.91 Å². The summed E-state index contributed by atoms with van der Waals surface area (Å²) in [5.74, 6) is 0.0184. The summed E-state index contributed by atoms with van der Waals surface area (Å²) in [7, 11) is 4.57. The molecule has 41 heavy (non-hydrogen) atoms. The molecule has 4 aromatic rings. The first-order chi connectivity index (χ1) is 19.9. The number of methoxy groups -OCH3 is 3. The second-order valence-electron chi connectivity index (χ2n) is 10.6. The van der Waals surface area contributed by atoms with Crippen molar-refractivity contribution >= 4 is 34.5 Å². The molecule has 0 atom stereocenters. The van der Waals surface area contributed by atoms with Gasteiger partial charge >= 0.3 is 5.97 Å². The van der Waals surface area contributed by atoms with Gasteiger partial charge in [-0.05, 0) is 49.3 Å². The number of rotatable bonds is 10. The van der Waals surface area contributed by atoms with Crippen molar-refractivity contribution in [1.29, 1.82) is 0 Å². The van der Waals surface area contributed by atoms with E-state index >= 15 is 0 Å². The fourth-order valence-electron chi connectivity index (χ4n) is 5.50. The second kappa shape index (κ2) is 12.9. The summed E-state index contributed by atoms with van der Waals surface area (Å²) in [6.07, 6.45) is 7.28. The Morgan fingerprint density at radius 1 is 1.02 bits per heavy atom. The van der Waals surface area contributed by atoms with Crippen molar-refractivity contribution in [3.63, 3.8) is 0 Å². The maximum Gasteiger partial charge on any atom is 0.350 e. The van der Waals surface area contributed by atoms with E-state index in [1.165, 1.54) is 18.4 Å². The molecule has 3 heterocycles. The van der Waals surface area contributed by atoms with E-state index in [0.717, 1.165) is 53.0 Å². The number of esters is 1. The van der Waals surface area contributed by atoms with Crippen molar-refractivity contribution in [3.05, 3.63) is 59.7 Å². The lowest BCUT2D eigenvalue weighted by Crippen LogP contribution is -2.49. The highest BCUT2D eigenvalue weighted by atomic mass is 32.1. The number of fused-ring (bicyclic) bond motifs is 1. The van der Waals surface area contributed by atoms with Gasteiger partial charge in [0.05, 0.1) is 37.7 Å². The molecule has 1 aliphatic rings. The zero-order valence-electron chi connectivity index (χ0n) is 23.9. The summed E-state index contributed by atoms with van der Waals surface area (Å²) >= 11 is 1.32. The number of ether oxygens (including phenoxy) is 3. The maximum absolute atomic E-state index is 14.1. The predicted octanol–water partition coefficient (Wildman–Crippen LogP) is 5.73. The van der Waals surface area contributed by atoms with Crippen LogP contribution in [0.3, 0.4) is 0 Å². The molecule has 0 unspecified atom stereocenters. The Labute approximate surface area is 244 Å². The lowest BCUT2D eigenvalue weighted by molar-refractivity contribution is -0.124. The minimum absolute atomic E-state index is 0.00121. The standard InChI is InChI=1S/C31H36N4O5S/c1-20-6-8-23(9-7-20)30(36)35(24(18-38-2)19-39-3)26-17-27(41-29(26)31(37)40-4)22-12-10-21(11-13-22)25-16-28-32-14-5-15-34(28)33-25/h5,10-17,20,23-24H,6-9,18-19H2,1-4H3. The van der Waals surface area contributed by atoms with Crippen LogP contribution in [0.4, 0.5) is 5.69 Å². The van der Waals surface area contributed by atoms with E-state index in [4.69, 9.17) is 14.2 Å². The first-order valence-corrected chi connectivity index (χ1v) is 14.7. The van der Waals surface area contributed by atoms with E-state index in [1.807, 2.05) is 48.7 Å². The summed E-state index contributed by atoms with van der Waals surface area (Å²) in [6.45, 7) is 2.78. The molecule has 0 aliphatic heterocycles. The maximum atomic E-state index is 14.1. The van der Waals surface area contributed by atoms with Crippen molar-refractivity contribution in [1.82, 2.24) is 14.6 Å². The fraction of sp³-hybridized carbons (Fsp3) is 0.419. The number of nitrogens with zero attached hydrogens (tertiary/aromatic N) is 4. The van der Waals surface area contributed by atoms with Crippen LogP contribution in [0, 0.1) is 11.8 Å². The van der Waals surface area contributed by atoms with Crippen LogP contribution in [0.25, 0.3) is 27.3 Å². The van der Waals surface area contributed by atoms with Gasteiger partial charge in [0, 0.05) is 49.0 Å². The molecule has 0 bridgehead atoms. The Bertz CT molecular complexity index is 1450. The van der Waals surface area contributed by atoms with Crippen molar-refractivity contribution < 1.29 is 23.8 Å². The van der Waals surface area contributed by atoms with Crippen molar-refractivity contribution in [2.75, 3.05) is 39.4 Å². The lowest BCUT2D eigenvalue weighted by atomic mass is 9.82. The molecule has 1 amide bonds. The third-order valence-electron chi connectivity index (χ3n) is 7.73. The smallest absolute Gasteiger partial charge is 0.350 e. The molecular formula is C31H36N4O5S. The number of anilines is 1. The van der Waals surface area contributed by atoms with Gasteiger partial charge in [0.25, 0.3) is 0 Å². The summed E-state index contributed by atoms with van der Waals surface area (Å²) in [4.78, 5) is 34.5. The molecule has 1 saturated carbocycles. The number of carbonyl (C=O) groups excluding carboxylic acids is 2. The van der Waals surface area contributed by atoms with Gasteiger partial charge < -0.3 is 19.1 Å². The molecule has 9 nitrogen and oxygen atoms in total. The van der Waals surface area contributed by atoms with E-state index in [2.05, 4.69) is 17.0 Å². The van der Waals surface area contributed by atoms with Crippen molar-refractivity contribution in [2.24, 2.45) is 11.8 Å². The highest BCUT2D eigenvalue weighted by Gasteiger charge is 2.36. The summed E-state index contributed by atoms with van der Waals surface area (Å²) < 4.78 is 17.9. The number of thiophene rings is 1. The zero-order valence-corrected chi connectivity index (χ0v) is 24.7. The summed E-state index contributed by atoms with van der Waals surface area (Å²) in [5.41, 5.74) is 4.00. The molecule has 1 aromatic carbocycles. The Morgan fingerprint density at radius 3 is 2.34 bits per heavy atom. The Hall–Kier alpha value is -3.60. The molecule has 1 aliphatic carbocycles. The first kappa shape index (κ1) is 28.9. The van der Waals surface area contributed by atoms with Crippen LogP contribution in [0.15, 0.2) is 54.9 Å². The normalized spacial score (nSPS) is 17.2. The van der Waals surface area contributed by atoms with Gasteiger partial charge in [-0.3, -0.25) is 4.79 Å². The third-order valence-corrected chi connectivity index (χ3v) is 8.88. The summed E-state index contributed by atoms with van der Waals surface area (Å²) in [6, 6.07) is 13.3. The minimum atomic E-state index is -0.478. The number of carbonyl (C=O) groups is 2. The quantitative estimate of drug-likeness (QED) is 0.223. The van der Waals surface area contributed by atoms with E-state index in [0.29, 0.717) is 16.5 Å². The Kier molecular flexibility index (Phi) is 9.12. The monoisotopic (exact) mass is 576 g/mol. The van der Waals surface area contributed by atoms with E-state index in [-0.39, 0.29) is 25.0 Å². The van der Waals surface area contributed by atoms with Gasteiger partial charge in [-0.25, -0.2) is 14.3 Å². The Balaban J connectivity index is 1.52. The van der Waals surface area contributed by atoms with Crippen LogP contribution in [0.1, 0.15) is 42.3 Å². The number of amides is 1. The highest BCUT2D eigenvalue weighted by molar-refractivity contribution is 7.18. The van der Waals surface area contributed by atoms with Crippen LogP contribution >= 0.6 is 11.3 Å². The average molecular weight is 577 g/mol. The van der Waals surface area contributed by atoms with E-state index in [9.17, 15) is 9.59 Å². The third kappa shape index (κ3) is 6.19. The number of hydrogen-bond acceptors (Lipinski definition) is 8.